The summed E-state index contributed by atoms with van der Waals surface area (Å²) in [5, 5.41) is 129. The Kier molecular flexibility index (Phi) is 25.8. The van der Waals surface area contributed by atoms with Crippen molar-refractivity contribution in [3.05, 3.63) is 159 Å². The number of halogens is 2. The van der Waals surface area contributed by atoms with Crippen LogP contribution in [0.1, 0.15) is 117 Å². The van der Waals surface area contributed by atoms with Gasteiger partial charge in [0.1, 0.15) is 95.2 Å². The van der Waals surface area contributed by atoms with E-state index in [1.54, 1.807) is 36.2 Å². The molecule has 7 aliphatic rings. The molecular formula is C77H87Cl2N9O25. The number of phenolic OH excluding ortho intramolecular Hbond substituents is 3. The summed E-state index contributed by atoms with van der Waals surface area (Å²) >= 11 is 14.3. The minimum atomic E-state index is -2.37. The van der Waals surface area contributed by atoms with E-state index < -0.39 is 237 Å². The third kappa shape index (κ3) is 18.6. The van der Waals surface area contributed by atoms with Gasteiger partial charge in [0, 0.05) is 41.3 Å². The van der Waals surface area contributed by atoms with Gasteiger partial charge in [-0.2, -0.15) is 0 Å². The lowest BCUT2D eigenvalue weighted by Gasteiger charge is -2.47. The van der Waals surface area contributed by atoms with Gasteiger partial charge in [-0.25, -0.2) is 4.79 Å². The molecule has 0 radical (unpaired) electrons. The van der Waals surface area contributed by atoms with Crippen LogP contribution in [-0.4, -0.2) is 202 Å². The first-order valence-corrected chi connectivity index (χ1v) is 36.6. The van der Waals surface area contributed by atoms with Crippen LogP contribution in [0.25, 0.3) is 11.1 Å². The van der Waals surface area contributed by atoms with Gasteiger partial charge < -0.3 is 128 Å². The second kappa shape index (κ2) is 34.9. The summed E-state index contributed by atoms with van der Waals surface area (Å²) in [6.45, 7) is 9.94. The van der Waals surface area contributed by atoms with E-state index in [-0.39, 0.29) is 52.8 Å². The number of aromatic hydroxyl groups is 3. The number of benzene rings is 6. The maximum atomic E-state index is 16.2. The predicted octanol–water partition coefficient (Wildman–Crippen LogP) is 2.97. The van der Waals surface area contributed by atoms with E-state index in [1.165, 1.54) is 26.0 Å². The topological polar surface area (TPSA) is 531 Å². The number of amides is 7. The smallest absolute Gasteiger partial charge is 0.330 e. The monoisotopic (exact) mass is 1610 g/mol. The first-order valence-electron chi connectivity index (χ1n) is 35.8. The molecule has 18 atom stereocenters. The number of rotatable bonds is 19. The van der Waals surface area contributed by atoms with Crippen molar-refractivity contribution in [2.24, 2.45) is 17.4 Å². The van der Waals surface area contributed by atoms with Gasteiger partial charge >= 0.3 is 5.97 Å². The van der Waals surface area contributed by atoms with Crippen molar-refractivity contribution in [3.63, 3.8) is 0 Å². The first kappa shape index (κ1) is 83.5. The van der Waals surface area contributed by atoms with E-state index >= 15 is 24.0 Å². The number of hydrogen-bond donors (Lipinski definition) is 18. The van der Waals surface area contributed by atoms with Crippen molar-refractivity contribution < 1.29 is 123 Å². The molecule has 20 N–H and O–H groups in total. The Balaban J connectivity index is 1.12. The minimum absolute atomic E-state index is 0.145. The van der Waals surface area contributed by atoms with Gasteiger partial charge in [-0.3, -0.25) is 38.5 Å². The molecule has 11 bridgehead atoms. The van der Waals surface area contributed by atoms with Crippen LogP contribution in [0.15, 0.2) is 116 Å². The zero-order valence-electron chi connectivity index (χ0n) is 61.4. The van der Waals surface area contributed by atoms with E-state index in [2.05, 4.69) is 38.5 Å². The van der Waals surface area contributed by atoms with Crippen LogP contribution >= 0.6 is 23.2 Å². The molecule has 13 rings (SSSR count). The molecule has 7 heterocycles. The molecule has 34 nitrogen and oxygen atoms in total. The quantitative estimate of drug-likeness (QED) is 0.0409. The summed E-state index contributed by atoms with van der Waals surface area (Å²) in [5.74, 6) is -15.7. The Bertz CT molecular complexity index is 4650. The normalized spacial score (nSPS) is 27.5. The summed E-state index contributed by atoms with van der Waals surface area (Å²) in [5.41, 5.74) is 8.80. The highest BCUT2D eigenvalue weighted by molar-refractivity contribution is 6.32. The summed E-state index contributed by atoms with van der Waals surface area (Å²) in [6, 6.07) is 6.24. The number of nitrogens with two attached hydrogens (primary N) is 2. The number of likely N-dealkylation sites (N-methyl/N-ethyl adjacent to an activating group) is 1. The highest BCUT2D eigenvalue weighted by atomic mass is 35.5. The van der Waals surface area contributed by atoms with Gasteiger partial charge in [0.2, 0.25) is 53.4 Å². The number of carbonyl (C=O) groups is 8. The van der Waals surface area contributed by atoms with Crippen molar-refractivity contribution >= 4 is 70.5 Å². The molecule has 7 amide bonds. The number of carboxylic acid groups (broad SMARTS) is 1. The van der Waals surface area contributed by atoms with Gasteiger partial charge in [-0.1, -0.05) is 73.5 Å². The number of carbonyl (C=O) groups excluding carboxylic acids is 7. The van der Waals surface area contributed by atoms with Crippen molar-refractivity contribution in [2.45, 2.75) is 169 Å². The number of aliphatic hydroxyl groups excluding tert-OH is 6. The fourth-order valence-electron chi connectivity index (χ4n) is 14.0. The maximum absolute atomic E-state index is 16.2. The van der Waals surface area contributed by atoms with Gasteiger partial charge in [0.15, 0.2) is 29.9 Å². The number of aliphatic carboxylic acids is 1. The average molecular weight is 1610 g/mol. The third-order valence-electron chi connectivity index (χ3n) is 19.9. The molecule has 113 heavy (non-hydrogen) atoms. The molecular weight excluding hydrogens is 1520 g/mol. The Labute approximate surface area is 655 Å². The summed E-state index contributed by atoms with van der Waals surface area (Å²) < 4.78 is 44.5. The number of ether oxygens (including phenoxy) is 7. The van der Waals surface area contributed by atoms with E-state index in [0.717, 1.165) is 72.3 Å². The van der Waals surface area contributed by atoms with E-state index in [4.69, 9.17) is 67.8 Å². The summed E-state index contributed by atoms with van der Waals surface area (Å²) in [6.07, 6.45) is -16.5. The number of nitrogens with zero attached hydrogens (tertiary/aromatic N) is 1. The largest absolute Gasteiger partial charge is 0.508 e. The maximum Gasteiger partial charge on any atom is 0.330 e. The predicted molar refractivity (Wildman–Crippen MR) is 398 cm³/mol. The fraction of sp³-hybridized carbons (Fsp3) is 0.403. The Hall–Kier alpha value is -10.4. The van der Waals surface area contributed by atoms with Crippen LogP contribution in [0.3, 0.4) is 0 Å². The molecule has 0 aromatic heterocycles. The molecule has 0 aliphatic carbocycles. The molecule has 7 aliphatic heterocycles. The minimum Gasteiger partial charge on any atom is -0.508 e. The van der Waals surface area contributed by atoms with E-state index in [9.17, 15) is 65.4 Å². The zero-order chi connectivity index (χ0) is 81.9. The highest BCUT2D eigenvalue weighted by Gasteiger charge is 2.52. The van der Waals surface area contributed by atoms with Crippen LogP contribution < -0.4 is 62.3 Å². The van der Waals surface area contributed by atoms with E-state index in [1.807, 2.05) is 19.9 Å². The summed E-state index contributed by atoms with van der Waals surface area (Å²) in [7, 11) is 1.66. The van der Waals surface area contributed by atoms with E-state index in [0.29, 0.717) is 18.8 Å². The number of carboxylic acids is 1. The van der Waals surface area contributed by atoms with Crippen LogP contribution in [0.2, 0.25) is 10.0 Å². The van der Waals surface area contributed by atoms with Gasteiger partial charge in [0.05, 0.1) is 47.9 Å². The lowest BCUT2D eigenvalue weighted by Crippen LogP contribution is -2.64. The fourth-order valence-corrected chi connectivity index (χ4v) is 14.4. The third-order valence-corrected chi connectivity index (χ3v) is 20.4. The molecule has 2 fully saturated rings. The number of phenols is 3. The zero-order valence-corrected chi connectivity index (χ0v) is 62.9. The van der Waals surface area contributed by atoms with Crippen LogP contribution in [0.4, 0.5) is 0 Å². The number of nitrogens with one attached hydrogen (secondary N) is 6. The Morgan fingerprint density at radius 3 is 2.00 bits per heavy atom. The number of hydrogen-bond acceptors (Lipinski definition) is 26. The lowest BCUT2D eigenvalue weighted by atomic mass is 9.86. The second-order valence-electron chi connectivity index (χ2n) is 28.9. The van der Waals surface area contributed by atoms with Gasteiger partial charge in [0.25, 0.3) is 0 Å². The van der Waals surface area contributed by atoms with Crippen LogP contribution in [0, 0.1) is 5.92 Å². The van der Waals surface area contributed by atoms with Crippen LogP contribution in [0.5, 0.6) is 51.7 Å². The molecule has 6 aromatic carbocycles. The van der Waals surface area contributed by atoms with Crippen molar-refractivity contribution in [1.82, 2.24) is 36.8 Å². The summed E-state index contributed by atoms with van der Waals surface area (Å²) in [4.78, 5) is 121. The molecule has 0 unspecified atom stereocenters. The number of primary amides is 1. The SMILES string of the molecule is C=CCCOc1cccc(CN(C)[C@H](CC(C)C)C(=O)N[C@H]2C(=O)N[C@@H](CC(N)=O)C(=O)N[C@H]3C(=O)N[C@H]4C(=O)N[C@H](C(=O)N[C@H](C(=O)O)c5cc(O)cc(O)c5-c5cc4ccc5O)[C@H](O)c4ccc(c(Cl)c4)Oc4cc3cc(c4O[C@@H]3O[C@H](CO)[C@@H](O)[C@H](O)[C@H]3O[C@H]3C[C@](C)(N)[C@H](O)[C@H](C)O3)Oc3ccc(cc3Cl)[C@H]2O)c1. The number of fused-ring (bicyclic) bond motifs is 15. The first-order chi connectivity index (χ1) is 53.5. The molecule has 0 spiro atoms. The Morgan fingerprint density at radius 1 is 0.743 bits per heavy atom. The van der Waals surface area contributed by atoms with Gasteiger partial charge in [-0.15, -0.1) is 6.58 Å². The molecule has 0 saturated carbocycles. The number of aliphatic hydroxyl groups is 6. The van der Waals surface area contributed by atoms with Crippen molar-refractivity contribution in [1.29, 1.82) is 0 Å². The molecule has 36 heteroatoms. The second-order valence-corrected chi connectivity index (χ2v) is 29.7. The molecule has 604 valence electrons. The standard InChI is InChI=1S/C77H87Cl2N9O25/c1-7-8-18-107-40-11-9-10-34(20-40)30-88(6)46(19-32(2)3)70(100)86-60-62(94)36-13-16-49(43(78)22-36)109-51-24-38-25-52(66(51)113-76-67(65(97)64(96)53(31-89)111-76)112-55-29-77(5,81)68(98)33(4)108-55)110-50-17-14-37(23-44(50)79)63(95)61-74(104)85-59(75(105)106)42-26-39(90)27-48(92)56(42)41-21-35(12-15-47(41)91)57(71(101)87-61)84-72(102)58(38)83-69(99)45(28-54(80)93)82-73(60)103/h7,9-17,20-27,32-33,45-46,53,55,57-65,67-68,76,89-92,94-98H,1,8,18-19,28-31,81H2,2-6H3,(H2,80,93)(H,82,103)(H,83,99)(H,84,102)(H,85,104)(H,86,100)(H,87,101)(H,105,106)/t33-,45-,46+,53+,55-,57+,58+,59-,60+,61-,62+,63+,64+,65-,67+,68+,76-,77-/m0/s1. The lowest BCUT2D eigenvalue weighted by molar-refractivity contribution is -0.333. The Morgan fingerprint density at radius 2 is 1.38 bits per heavy atom. The van der Waals surface area contributed by atoms with Crippen LogP contribution in [-0.2, 0) is 59.1 Å². The molecule has 6 aromatic rings. The highest BCUT2D eigenvalue weighted by Crippen LogP contribution is 2.50. The van der Waals surface area contributed by atoms with Gasteiger partial charge in [-0.05, 0) is 134 Å². The van der Waals surface area contributed by atoms with Crippen molar-refractivity contribution in [3.8, 4) is 62.9 Å². The average Bonchev–Trinajstić information content (AvgIpc) is 0.766. The molecule has 2 saturated heterocycles. The van der Waals surface area contributed by atoms with Crippen molar-refractivity contribution in [2.75, 3.05) is 20.3 Å².